The Kier molecular flexibility index (Phi) is 38.9. The highest BCUT2D eigenvalue weighted by molar-refractivity contribution is 5.81. The monoisotopic (exact) mass is 579 g/mol. The second-order valence-corrected chi connectivity index (χ2v) is 11.5. The van der Waals surface area contributed by atoms with Gasteiger partial charge in [0.25, 0.3) is 0 Å². The lowest BCUT2D eigenvalue weighted by Gasteiger charge is -2.05. The van der Waals surface area contributed by atoms with Gasteiger partial charge in [-0.15, -0.1) is 0 Å². The minimum atomic E-state index is -0.312. The van der Waals surface area contributed by atoms with Crippen molar-refractivity contribution >= 4 is 11.9 Å². The first-order chi connectivity index (χ1) is 20.1. The highest BCUT2D eigenvalue weighted by atomic mass is 16.5. The Bertz CT molecular complexity index is 569. The second-order valence-electron chi connectivity index (χ2n) is 11.5. The molecule has 4 nitrogen and oxygen atoms in total. The van der Waals surface area contributed by atoms with E-state index in [0.717, 1.165) is 32.1 Å². The van der Waals surface area contributed by atoms with E-state index in [-0.39, 0.29) is 11.9 Å². The van der Waals surface area contributed by atoms with Crippen LogP contribution in [0.25, 0.3) is 0 Å². The highest BCUT2D eigenvalue weighted by Gasteiger charge is 2.02. The van der Waals surface area contributed by atoms with Gasteiger partial charge in [0.05, 0.1) is 13.2 Å². The predicted octanol–water partition coefficient (Wildman–Crippen LogP) is 12.0. The normalized spacial score (nSPS) is 10.8. The summed E-state index contributed by atoms with van der Waals surface area (Å²) in [5.74, 6) is -0.306. The summed E-state index contributed by atoms with van der Waals surface area (Å²) < 4.78 is 10.2. The molecule has 0 aromatic rings. The van der Waals surface area contributed by atoms with Crippen LogP contribution in [-0.4, -0.2) is 25.2 Å². The minimum absolute atomic E-state index is 0.00573. The molecule has 0 rings (SSSR count). The summed E-state index contributed by atoms with van der Waals surface area (Å²) >= 11 is 0. The largest absolute Gasteiger partial charge is 0.466 e. The van der Waals surface area contributed by atoms with E-state index in [2.05, 4.69) is 39.5 Å². The maximum Gasteiger partial charge on any atom is 0.330 e. The predicted molar refractivity (Wildman–Crippen MR) is 178 cm³/mol. The third-order valence-electron chi connectivity index (χ3n) is 7.31. The Labute approximate surface area is 256 Å². The number of carbonyl (C=O) groups excluding carboxylic acids is 2. The Morgan fingerprint density at radius 2 is 0.854 bits per heavy atom. The molecule has 0 heterocycles. The van der Waals surface area contributed by atoms with E-state index in [0.29, 0.717) is 19.6 Å². The lowest BCUT2D eigenvalue weighted by atomic mass is 10.1. The number of carbonyl (C=O) groups is 2. The maximum atomic E-state index is 11.7. The van der Waals surface area contributed by atoms with Crippen molar-refractivity contribution in [3.8, 4) is 0 Å². The van der Waals surface area contributed by atoms with E-state index < -0.39 is 0 Å². The van der Waals surface area contributed by atoms with Crippen molar-refractivity contribution in [2.24, 2.45) is 0 Å². The van der Waals surface area contributed by atoms with Crippen LogP contribution in [0.15, 0.2) is 24.8 Å². The van der Waals surface area contributed by atoms with Gasteiger partial charge in [-0.3, -0.25) is 4.79 Å². The van der Waals surface area contributed by atoms with Crippen LogP contribution in [0.1, 0.15) is 188 Å². The summed E-state index contributed by atoms with van der Waals surface area (Å²) in [5, 5.41) is 0. The number of hydrogen-bond donors (Lipinski definition) is 0. The summed E-state index contributed by atoms with van der Waals surface area (Å²) in [6, 6.07) is 0. The van der Waals surface area contributed by atoms with E-state index in [9.17, 15) is 9.59 Å². The number of rotatable bonds is 30. The number of unbranched alkanes of at least 4 members (excludes halogenated alkanes) is 21. The molecular weight excluding hydrogens is 508 g/mol. The lowest BCUT2D eigenvalue weighted by Crippen LogP contribution is -2.05. The highest BCUT2D eigenvalue weighted by Crippen LogP contribution is 2.11. The van der Waals surface area contributed by atoms with Crippen LogP contribution in [0.2, 0.25) is 0 Å². The molecule has 0 amide bonds. The van der Waals surface area contributed by atoms with Gasteiger partial charge in [0.15, 0.2) is 0 Å². The molecule has 4 heteroatoms. The summed E-state index contributed by atoms with van der Waals surface area (Å²) in [6.07, 6.45) is 38.0. The van der Waals surface area contributed by atoms with Crippen molar-refractivity contribution in [1.29, 1.82) is 0 Å². The molecule has 0 N–H and O–H groups in total. The number of allylic oxidation sites excluding steroid dienone is 2. The Morgan fingerprint density at radius 3 is 1.29 bits per heavy atom. The van der Waals surface area contributed by atoms with Crippen LogP contribution in [0.4, 0.5) is 0 Å². The molecule has 0 aliphatic heterocycles. The molecule has 41 heavy (non-hydrogen) atoms. The van der Waals surface area contributed by atoms with Crippen molar-refractivity contribution in [2.45, 2.75) is 188 Å². The van der Waals surface area contributed by atoms with Crippen molar-refractivity contribution in [2.75, 3.05) is 13.2 Å². The second kappa shape index (κ2) is 38.4. The van der Waals surface area contributed by atoms with Crippen LogP contribution >= 0.6 is 0 Å². The number of hydrogen-bond acceptors (Lipinski definition) is 4. The maximum absolute atomic E-state index is 11.7. The first-order valence-electron chi connectivity index (χ1n) is 17.7. The van der Waals surface area contributed by atoms with Crippen LogP contribution in [0.3, 0.4) is 0 Å². The van der Waals surface area contributed by atoms with Gasteiger partial charge in [-0.2, -0.15) is 0 Å². The fourth-order valence-corrected chi connectivity index (χ4v) is 4.59. The Morgan fingerprint density at radius 1 is 0.488 bits per heavy atom. The fourth-order valence-electron chi connectivity index (χ4n) is 4.59. The molecule has 0 saturated heterocycles. The van der Waals surface area contributed by atoms with Crippen LogP contribution in [-0.2, 0) is 19.1 Å². The molecule has 0 unspecified atom stereocenters. The molecule has 0 aromatic carbocycles. The summed E-state index contributed by atoms with van der Waals surface area (Å²) in [4.78, 5) is 22.3. The van der Waals surface area contributed by atoms with Gasteiger partial charge >= 0.3 is 11.9 Å². The van der Waals surface area contributed by atoms with E-state index in [1.54, 1.807) is 0 Å². The summed E-state index contributed by atoms with van der Waals surface area (Å²) in [6.45, 7) is 11.2. The van der Waals surface area contributed by atoms with Crippen molar-refractivity contribution in [3.05, 3.63) is 24.8 Å². The lowest BCUT2D eigenvalue weighted by molar-refractivity contribution is -0.144. The van der Waals surface area contributed by atoms with Gasteiger partial charge in [0.1, 0.15) is 0 Å². The summed E-state index contributed by atoms with van der Waals surface area (Å²) in [5.41, 5.74) is 0. The van der Waals surface area contributed by atoms with Crippen molar-refractivity contribution in [1.82, 2.24) is 0 Å². The molecule has 0 saturated carbocycles. The molecular formula is C37H70O4. The van der Waals surface area contributed by atoms with Crippen LogP contribution < -0.4 is 0 Å². The zero-order chi connectivity index (χ0) is 30.5. The van der Waals surface area contributed by atoms with E-state index in [4.69, 9.17) is 9.47 Å². The fraction of sp³-hybridized carbons (Fsp3) is 0.838. The van der Waals surface area contributed by atoms with Crippen molar-refractivity contribution < 1.29 is 19.1 Å². The SMILES string of the molecule is C=CC(=O)OCCCCCCCC.CCCCCCCC/C=C\CCCCCCCC(=O)OCCCCCCCC. The van der Waals surface area contributed by atoms with E-state index in [1.807, 2.05) is 0 Å². The zero-order valence-electron chi connectivity index (χ0n) is 27.9. The van der Waals surface area contributed by atoms with Gasteiger partial charge in [0.2, 0.25) is 0 Å². The minimum Gasteiger partial charge on any atom is -0.466 e. The molecule has 242 valence electrons. The Balaban J connectivity index is 0. The van der Waals surface area contributed by atoms with Gasteiger partial charge in [-0.1, -0.05) is 155 Å². The quantitative estimate of drug-likeness (QED) is 0.0368. The van der Waals surface area contributed by atoms with Gasteiger partial charge in [0, 0.05) is 12.5 Å². The zero-order valence-corrected chi connectivity index (χ0v) is 27.9. The van der Waals surface area contributed by atoms with Crippen LogP contribution in [0, 0.1) is 0 Å². The van der Waals surface area contributed by atoms with Crippen molar-refractivity contribution in [3.63, 3.8) is 0 Å². The Hall–Kier alpha value is -1.58. The summed E-state index contributed by atoms with van der Waals surface area (Å²) in [7, 11) is 0. The average Bonchev–Trinajstić information content (AvgIpc) is 2.98. The molecule has 0 spiro atoms. The topological polar surface area (TPSA) is 52.6 Å². The van der Waals surface area contributed by atoms with Gasteiger partial charge in [-0.25, -0.2) is 4.79 Å². The molecule has 0 aliphatic rings. The molecule has 0 bridgehead atoms. The van der Waals surface area contributed by atoms with E-state index in [1.165, 1.54) is 134 Å². The first-order valence-corrected chi connectivity index (χ1v) is 17.7. The van der Waals surface area contributed by atoms with Gasteiger partial charge < -0.3 is 9.47 Å². The number of esters is 2. The molecule has 0 radical (unpaired) electrons. The smallest absolute Gasteiger partial charge is 0.330 e. The average molecular weight is 579 g/mol. The number of ether oxygens (including phenoxy) is 2. The molecule has 0 aromatic heterocycles. The third kappa shape index (κ3) is 40.6. The molecule has 0 fully saturated rings. The third-order valence-corrected chi connectivity index (χ3v) is 7.31. The first kappa shape index (κ1) is 41.6. The molecule has 0 aliphatic carbocycles. The van der Waals surface area contributed by atoms with Crippen LogP contribution in [0.5, 0.6) is 0 Å². The van der Waals surface area contributed by atoms with E-state index >= 15 is 0 Å². The molecule has 0 atom stereocenters. The van der Waals surface area contributed by atoms with Gasteiger partial charge in [-0.05, 0) is 44.9 Å². The standard InChI is InChI=1S/C26H50O2.C11H20O2/c1-3-5-7-9-11-12-13-14-15-16-17-18-19-20-22-24-26(27)28-25-23-21-10-8-6-4-2;1-3-5-6-7-8-9-10-13-11(12)4-2/h14-15H,3-13,16-25H2,1-2H3;4H,2-3,5-10H2,1H3/b15-14-;.